The number of nitro benzene ring substituents is 1. The van der Waals surface area contributed by atoms with Gasteiger partial charge in [0.25, 0.3) is 5.69 Å². The number of nitrogens with zero attached hydrogens (tertiary/aromatic N) is 1. The van der Waals surface area contributed by atoms with Crippen molar-refractivity contribution in [2.24, 2.45) is 0 Å². The number of rotatable bonds is 3. The van der Waals surface area contributed by atoms with E-state index in [9.17, 15) is 14.9 Å². The number of nitro groups is 1. The van der Waals surface area contributed by atoms with Gasteiger partial charge in [-0.25, -0.2) is 4.79 Å². The highest BCUT2D eigenvalue weighted by Crippen LogP contribution is 2.26. The van der Waals surface area contributed by atoms with Crippen molar-refractivity contribution >= 4 is 23.3 Å². The zero-order valence-electron chi connectivity index (χ0n) is 11.4. The van der Waals surface area contributed by atoms with Crippen LogP contribution in [0.1, 0.15) is 21.5 Å². The first-order valence-corrected chi connectivity index (χ1v) is 6.49. The first-order chi connectivity index (χ1) is 9.88. The molecule has 0 saturated heterocycles. The van der Waals surface area contributed by atoms with Gasteiger partial charge in [-0.1, -0.05) is 23.7 Å². The summed E-state index contributed by atoms with van der Waals surface area (Å²) in [5.41, 5.74) is 1.50. The summed E-state index contributed by atoms with van der Waals surface area (Å²) in [6.45, 7) is 3.69. The lowest BCUT2D eigenvalue weighted by atomic mass is 10.1. The van der Waals surface area contributed by atoms with Crippen LogP contribution in [0.4, 0.5) is 5.69 Å². The second-order valence-electron chi connectivity index (χ2n) is 4.58. The van der Waals surface area contributed by atoms with Crippen LogP contribution in [0.2, 0.25) is 5.02 Å². The maximum Gasteiger partial charge on any atom is 0.343 e. The van der Waals surface area contributed by atoms with Gasteiger partial charge in [-0.2, -0.15) is 0 Å². The van der Waals surface area contributed by atoms with Gasteiger partial charge in [0.1, 0.15) is 10.8 Å². The van der Waals surface area contributed by atoms with Gasteiger partial charge >= 0.3 is 5.97 Å². The van der Waals surface area contributed by atoms with Crippen LogP contribution in [0, 0.1) is 24.0 Å². The minimum absolute atomic E-state index is 0.0247. The zero-order valence-corrected chi connectivity index (χ0v) is 12.2. The number of hydrogen-bond donors (Lipinski definition) is 0. The normalized spacial score (nSPS) is 10.2. The Morgan fingerprint density at radius 2 is 1.90 bits per heavy atom. The Balaban J connectivity index is 2.30. The quantitative estimate of drug-likeness (QED) is 0.371. The molecule has 108 valence electrons. The molecule has 0 N–H and O–H groups in total. The Morgan fingerprint density at radius 3 is 2.57 bits per heavy atom. The van der Waals surface area contributed by atoms with Gasteiger partial charge < -0.3 is 4.74 Å². The third-order valence-corrected chi connectivity index (χ3v) is 3.24. The van der Waals surface area contributed by atoms with Gasteiger partial charge in [0, 0.05) is 6.07 Å². The molecule has 0 spiro atoms. The Morgan fingerprint density at radius 1 is 1.19 bits per heavy atom. The van der Waals surface area contributed by atoms with E-state index in [-0.39, 0.29) is 16.3 Å². The van der Waals surface area contributed by atoms with Crippen molar-refractivity contribution in [3.8, 4) is 5.75 Å². The second kappa shape index (κ2) is 5.93. The average molecular weight is 306 g/mol. The Hall–Kier alpha value is -2.40. The van der Waals surface area contributed by atoms with Crippen LogP contribution >= 0.6 is 11.6 Å². The topological polar surface area (TPSA) is 69.4 Å². The standard InChI is InChI=1S/C15H12ClNO4/c1-9-3-4-10(2)14(7-9)21-15(18)11-5-6-12(16)13(8-11)17(19)20/h3-8H,1-2H3. The molecule has 2 aromatic rings. The maximum atomic E-state index is 12.1. The van der Waals surface area contributed by atoms with Gasteiger partial charge in [-0.3, -0.25) is 10.1 Å². The molecular formula is C15H12ClNO4. The molecule has 0 aliphatic carbocycles. The van der Waals surface area contributed by atoms with E-state index < -0.39 is 10.9 Å². The molecule has 0 aromatic heterocycles. The lowest BCUT2D eigenvalue weighted by Gasteiger charge is -2.08. The van der Waals surface area contributed by atoms with Crippen molar-refractivity contribution in [1.29, 1.82) is 0 Å². The number of benzene rings is 2. The molecule has 0 saturated carbocycles. The Labute approximate surface area is 126 Å². The van der Waals surface area contributed by atoms with E-state index >= 15 is 0 Å². The highest BCUT2D eigenvalue weighted by Gasteiger charge is 2.18. The third-order valence-electron chi connectivity index (χ3n) is 2.92. The number of halogens is 1. The van der Waals surface area contributed by atoms with Gasteiger partial charge in [0.05, 0.1) is 10.5 Å². The van der Waals surface area contributed by atoms with Crippen molar-refractivity contribution in [2.75, 3.05) is 0 Å². The van der Waals surface area contributed by atoms with E-state index in [4.69, 9.17) is 16.3 Å². The largest absolute Gasteiger partial charge is 0.423 e. The zero-order chi connectivity index (χ0) is 15.6. The number of carbonyl (C=O) groups is 1. The monoisotopic (exact) mass is 305 g/mol. The summed E-state index contributed by atoms with van der Waals surface area (Å²) in [6.07, 6.45) is 0. The lowest BCUT2D eigenvalue weighted by Crippen LogP contribution is -2.10. The number of esters is 1. The van der Waals surface area contributed by atoms with E-state index in [1.54, 1.807) is 6.07 Å². The molecule has 0 heterocycles. The van der Waals surface area contributed by atoms with Gasteiger partial charge in [0.15, 0.2) is 0 Å². The predicted octanol–water partition coefficient (Wildman–Crippen LogP) is 4.08. The summed E-state index contributed by atoms with van der Waals surface area (Å²) in [4.78, 5) is 22.3. The number of ether oxygens (including phenoxy) is 1. The SMILES string of the molecule is Cc1ccc(C)c(OC(=O)c2ccc(Cl)c([N+](=O)[O-])c2)c1. The molecule has 0 radical (unpaired) electrons. The van der Waals surface area contributed by atoms with Gasteiger partial charge in [0.2, 0.25) is 0 Å². The minimum Gasteiger partial charge on any atom is -0.423 e. The summed E-state index contributed by atoms with van der Waals surface area (Å²) < 4.78 is 5.28. The molecule has 0 aliphatic heterocycles. The maximum absolute atomic E-state index is 12.1. The minimum atomic E-state index is -0.663. The van der Waals surface area contributed by atoms with Crippen LogP contribution < -0.4 is 4.74 Å². The summed E-state index contributed by atoms with van der Waals surface area (Å²) >= 11 is 5.71. The summed E-state index contributed by atoms with van der Waals surface area (Å²) in [5, 5.41) is 10.8. The molecule has 0 aliphatic rings. The van der Waals surface area contributed by atoms with Gasteiger partial charge in [-0.05, 0) is 43.2 Å². The van der Waals surface area contributed by atoms with Crippen LogP contribution in [0.3, 0.4) is 0 Å². The molecule has 0 atom stereocenters. The second-order valence-corrected chi connectivity index (χ2v) is 4.99. The van der Waals surface area contributed by atoms with E-state index in [0.717, 1.165) is 17.2 Å². The fourth-order valence-electron chi connectivity index (χ4n) is 1.76. The van der Waals surface area contributed by atoms with E-state index in [1.807, 2.05) is 26.0 Å². The first kappa shape index (κ1) is 15.0. The first-order valence-electron chi connectivity index (χ1n) is 6.12. The van der Waals surface area contributed by atoms with E-state index in [2.05, 4.69) is 0 Å². The fraction of sp³-hybridized carbons (Fsp3) is 0.133. The van der Waals surface area contributed by atoms with E-state index in [0.29, 0.717) is 5.75 Å². The Bertz CT molecular complexity index is 728. The molecule has 0 unspecified atom stereocenters. The smallest absolute Gasteiger partial charge is 0.343 e. The van der Waals surface area contributed by atoms with Crippen molar-refractivity contribution in [3.05, 3.63) is 68.2 Å². The van der Waals surface area contributed by atoms with Crippen molar-refractivity contribution in [2.45, 2.75) is 13.8 Å². The van der Waals surface area contributed by atoms with Crippen LogP contribution in [-0.2, 0) is 0 Å². The highest BCUT2D eigenvalue weighted by molar-refractivity contribution is 6.32. The van der Waals surface area contributed by atoms with Crippen LogP contribution in [0.25, 0.3) is 0 Å². The summed E-state index contributed by atoms with van der Waals surface area (Å²) in [5.74, 6) is -0.235. The van der Waals surface area contributed by atoms with Gasteiger partial charge in [-0.15, -0.1) is 0 Å². The lowest BCUT2D eigenvalue weighted by molar-refractivity contribution is -0.384. The molecule has 21 heavy (non-hydrogen) atoms. The molecule has 0 bridgehead atoms. The molecular weight excluding hydrogens is 294 g/mol. The van der Waals surface area contributed by atoms with Crippen molar-refractivity contribution in [1.82, 2.24) is 0 Å². The summed E-state index contributed by atoms with van der Waals surface area (Å²) in [6, 6.07) is 9.28. The third kappa shape index (κ3) is 3.38. The fourth-order valence-corrected chi connectivity index (χ4v) is 1.94. The highest BCUT2D eigenvalue weighted by atomic mass is 35.5. The molecule has 2 aromatic carbocycles. The summed E-state index contributed by atoms with van der Waals surface area (Å²) in [7, 11) is 0. The van der Waals surface area contributed by atoms with Crippen LogP contribution in [-0.4, -0.2) is 10.9 Å². The number of hydrogen-bond acceptors (Lipinski definition) is 4. The molecule has 0 amide bonds. The van der Waals surface area contributed by atoms with Crippen LogP contribution in [0.5, 0.6) is 5.75 Å². The van der Waals surface area contributed by atoms with E-state index in [1.165, 1.54) is 12.1 Å². The number of carbonyl (C=O) groups excluding carboxylic acids is 1. The molecule has 6 heteroatoms. The average Bonchev–Trinajstić information content (AvgIpc) is 2.43. The van der Waals surface area contributed by atoms with Crippen LogP contribution in [0.15, 0.2) is 36.4 Å². The molecule has 5 nitrogen and oxygen atoms in total. The molecule has 0 fully saturated rings. The van der Waals surface area contributed by atoms with Crippen molar-refractivity contribution < 1.29 is 14.5 Å². The molecule has 2 rings (SSSR count). The number of aryl methyl sites for hydroxylation is 2. The van der Waals surface area contributed by atoms with Crippen molar-refractivity contribution in [3.63, 3.8) is 0 Å². The predicted molar refractivity (Wildman–Crippen MR) is 79.0 cm³/mol. The Kier molecular flexibility index (Phi) is 4.23.